The Morgan fingerprint density at radius 3 is 2.59 bits per heavy atom. The van der Waals surface area contributed by atoms with Crippen molar-refractivity contribution in [1.29, 1.82) is 0 Å². The number of thioether (sulfide) groups is 1. The maximum atomic E-state index is 4.16. The Balaban J connectivity index is 1.16. The van der Waals surface area contributed by atoms with Gasteiger partial charge in [0.05, 0.1) is 5.69 Å². The molecule has 2 heterocycles. The van der Waals surface area contributed by atoms with Crippen molar-refractivity contribution in [3.8, 4) is 5.69 Å². The summed E-state index contributed by atoms with van der Waals surface area (Å²) < 4.78 is 4.18. The Morgan fingerprint density at radius 1 is 0.906 bits per heavy atom. The summed E-state index contributed by atoms with van der Waals surface area (Å²) in [5, 5.41) is 19.2. The van der Waals surface area contributed by atoms with E-state index in [1.165, 1.54) is 27.4 Å². The van der Waals surface area contributed by atoms with Crippen LogP contribution in [0, 0.1) is 0 Å². The van der Waals surface area contributed by atoms with Crippen molar-refractivity contribution in [2.24, 2.45) is 0 Å². The van der Waals surface area contributed by atoms with E-state index in [1.807, 2.05) is 30.3 Å². The highest BCUT2D eigenvalue weighted by atomic mass is 32.2. The molecule has 0 saturated carbocycles. The number of fused-ring (bicyclic) bond motifs is 3. The fraction of sp³-hybridized carbons (Fsp3) is 0.240. The van der Waals surface area contributed by atoms with Crippen molar-refractivity contribution in [1.82, 2.24) is 30.1 Å². The largest absolute Gasteiger partial charge is 0.341 e. The van der Waals surface area contributed by atoms with Gasteiger partial charge in [-0.05, 0) is 66.2 Å². The number of tetrazole rings is 1. The van der Waals surface area contributed by atoms with Crippen LogP contribution in [-0.2, 0) is 13.1 Å². The predicted molar refractivity (Wildman–Crippen MR) is 131 cm³/mol. The van der Waals surface area contributed by atoms with Gasteiger partial charge in [0.15, 0.2) is 0 Å². The van der Waals surface area contributed by atoms with Gasteiger partial charge in [0, 0.05) is 40.6 Å². The van der Waals surface area contributed by atoms with Crippen LogP contribution < -0.4 is 5.32 Å². The van der Waals surface area contributed by atoms with E-state index in [-0.39, 0.29) is 0 Å². The minimum atomic E-state index is 0.828. The van der Waals surface area contributed by atoms with Gasteiger partial charge >= 0.3 is 0 Å². The normalized spacial score (nSPS) is 11.5. The van der Waals surface area contributed by atoms with Crippen molar-refractivity contribution in [2.45, 2.75) is 31.6 Å². The van der Waals surface area contributed by atoms with Gasteiger partial charge in [0.25, 0.3) is 0 Å². The van der Waals surface area contributed by atoms with Gasteiger partial charge in [-0.15, -0.1) is 5.10 Å². The van der Waals surface area contributed by atoms with Crippen molar-refractivity contribution >= 4 is 33.6 Å². The molecule has 0 radical (unpaired) electrons. The SMILES string of the molecule is CCn1c2ccccc2c2cc(CNCCCSc3nnnn3-c3ccccc3)ccc21. The summed E-state index contributed by atoms with van der Waals surface area (Å²) >= 11 is 1.69. The Hall–Kier alpha value is -3.16. The van der Waals surface area contributed by atoms with Gasteiger partial charge in [-0.3, -0.25) is 0 Å². The zero-order valence-electron chi connectivity index (χ0n) is 18.1. The first kappa shape index (κ1) is 20.7. The summed E-state index contributed by atoms with van der Waals surface area (Å²) in [6.07, 6.45) is 1.05. The third kappa shape index (κ3) is 4.13. The molecule has 3 aromatic carbocycles. The summed E-state index contributed by atoms with van der Waals surface area (Å²) in [4.78, 5) is 0. The molecule has 0 atom stereocenters. The topological polar surface area (TPSA) is 60.6 Å². The van der Waals surface area contributed by atoms with Crippen LogP contribution in [0.2, 0.25) is 0 Å². The van der Waals surface area contributed by atoms with E-state index in [4.69, 9.17) is 0 Å². The van der Waals surface area contributed by atoms with E-state index >= 15 is 0 Å². The molecule has 0 bridgehead atoms. The summed E-state index contributed by atoms with van der Waals surface area (Å²) in [7, 11) is 0. The highest BCUT2D eigenvalue weighted by Crippen LogP contribution is 2.29. The second-order valence-corrected chi connectivity index (χ2v) is 8.76. The van der Waals surface area contributed by atoms with Crippen molar-refractivity contribution in [2.75, 3.05) is 12.3 Å². The highest BCUT2D eigenvalue weighted by Gasteiger charge is 2.10. The number of para-hydroxylation sites is 2. The van der Waals surface area contributed by atoms with E-state index < -0.39 is 0 Å². The van der Waals surface area contributed by atoms with Gasteiger partial charge in [-0.25, -0.2) is 0 Å². The molecule has 5 rings (SSSR count). The van der Waals surface area contributed by atoms with Crippen LogP contribution in [0.15, 0.2) is 78.0 Å². The molecule has 0 aliphatic carbocycles. The molecule has 0 saturated heterocycles. The van der Waals surface area contributed by atoms with Crippen molar-refractivity contribution in [3.63, 3.8) is 0 Å². The number of rotatable bonds is 9. The number of nitrogens with one attached hydrogen (secondary N) is 1. The molecule has 0 aliphatic heterocycles. The zero-order valence-corrected chi connectivity index (χ0v) is 18.9. The molecule has 162 valence electrons. The summed E-state index contributed by atoms with van der Waals surface area (Å²) in [5.74, 6) is 0.962. The maximum absolute atomic E-state index is 4.16. The lowest BCUT2D eigenvalue weighted by Gasteiger charge is -2.07. The molecule has 0 spiro atoms. The quantitative estimate of drug-likeness (QED) is 0.255. The van der Waals surface area contributed by atoms with E-state index in [2.05, 4.69) is 74.8 Å². The van der Waals surface area contributed by atoms with Gasteiger partial charge in [-0.1, -0.05) is 54.2 Å². The van der Waals surface area contributed by atoms with Crippen LogP contribution in [0.5, 0.6) is 0 Å². The first-order valence-electron chi connectivity index (χ1n) is 11.0. The summed E-state index contributed by atoms with van der Waals surface area (Å²) in [6, 6.07) is 25.5. The molecule has 0 fully saturated rings. The van der Waals surface area contributed by atoms with Crippen molar-refractivity contribution in [3.05, 3.63) is 78.4 Å². The average Bonchev–Trinajstić information content (AvgIpc) is 3.44. The van der Waals surface area contributed by atoms with Crippen LogP contribution in [0.4, 0.5) is 0 Å². The molecule has 5 aromatic rings. The lowest BCUT2D eigenvalue weighted by Crippen LogP contribution is -2.15. The molecule has 7 heteroatoms. The molecular formula is C25H26N6S. The monoisotopic (exact) mass is 442 g/mol. The lowest BCUT2D eigenvalue weighted by molar-refractivity contribution is 0.678. The van der Waals surface area contributed by atoms with E-state index in [9.17, 15) is 0 Å². The van der Waals surface area contributed by atoms with Crippen LogP contribution in [0.1, 0.15) is 18.9 Å². The van der Waals surface area contributed by atoms with Gasteiger partial charge in [0.1, 0.15) is 0 Å². The minimum absolute atomic E-state index is 0.828. The first-order valence-corrected chi connectivity index (χ1v) is 12.0. The van der Waals surface area contributed by atoms with E-state index in [0.29, 0.717) is 0 Å². The third-order valence-electron chi connectivity index (χ3n) is 5.65. The molecular weight excluding hydrogens is 416 g/mol. The fourth-order valence-corrected chi connectivity index (χ4v) is 4.97. The fourth-order valence-electron chi connectivity index (χ4n) is 4.14. The van der Waals surface area contributed by atoms with E-state index in [0.717, 1.165) is 42.7 Å². The molecule has 0 aliphatic rings. The lowest BCUT2D eigenvalue weighted by atomic mass is 10.1. The number of benzene rings is 3. The molecule has 2 aromatic heterocycles. The average molecular weight is 443 g/mol. The molecule has 6 nitrogen and oxygen atoms in total. The Bertz CT molecular complexity index is 1320. The summed E-state index contributed by atoms with van der Waals surface area (Å²) in [6.45, 7) is 5.01. The Morgan fingerprint density at radius 2 is 1.72 bits per heavy atom. The maximum Gasteiger partial charge on any atom is 0.214 e. The van der Waals surface area contributed by atoms with Crippen LogP contribution >= 0.6 is 11.8 Å². The smallest absolute Gasteiger partial charge is 0.214 e. The minimum Gasteiger partial charge on any atom is -0.341 e. The number of hydrogen-bond acceptors (Lipinski definition) is 5. The Kier molecular flexibility index (Phi) is 6.18. The van der Waals surface area contributed by atoms with Crippen LogP contribution in [-0.4, -0.2) is 37.1 Å². The Labute approximate surface area is 191 Å². The summed E-state index contributed by atoms with van der Waals surface area (Å²) in [5.41, 5.74) is 4.92. The van der Waals surface area contributed by atoms with Crippen LogP contribution in [0.25, 0.3) is 27.5 Å². The molecule has 32 heavy (non-hydrogen) atoms. The second-order valence-electron chi connectivity index (χ2n) is 7.70. The van der Waals surface area contributed by atoms with Gasteiger partial charge in [0.2, 0.25) is 5.16 Å². The molecule has 1 N–H and O–H groups in total. The molecule has 0 unspecified atom stereocenters. The van der Waals surface area contributed by atoms with Gasteiger partial charge in [-0.2, -0.15) is 4.68 Å². The third-order valence-corrected chi connectivity index (χ3v) is 6.66. The number of nitrogens with zero attached hydrogens (tertiary/aromatic N) is 5. The first-order chi connectivity index (χ1) is 15.8. The highest BCUT2D eigenvalue weighted by molar-refractivity contribution is 7.99. The number of aromatic nitrogens is 5. The molecule has 0 amide bonds. The number of hydrogen-bond donors (Lipinski definition) is 1. The zero-order chi connectivity index (χ0) is 21.8. The second kappa shape index (κ2) is 9.54. The number of aryl methyl sites for hydroxylation is 1. The van der Waals surface area contributed by atoms with E-state index in [1.54, 1.807) is 16.4 Å². The predicted octanol–water partition coefficient (Wildman–Crippen LogP) is 5.06. The van der Waals surface area contributed by atoms with Gasteiger partial charge < -0.3 is 9.88 Å². The van der Waals surface area contributed by atoms with Crippen molar-refractivity contribution < 1.29 is 0 Å². The standard InChI is InChI=1S/C25H26N6S/c1-2-30-23-12-7-6-11-21(23)22-17-19(13-14-24(22)30)18-26-15-8-16-32-25-27-28-29-31(25)20-9-4-3-5-10-20/h3-7,9-14,17,26H,2,8,15-16,18H2,1H3. The van der Waals surface area contributed by atoms with Crippen LogP contribution in [0.3, 0.4) is 0 Å².